The minimum absolute atomic E-state index is 0.167. The zero-order valence-electron chi connectivity index (χ0n) is 8.49. The quantitative estimate of drug-likeness (QED) is 0.461. The summed E-state index contributed by atoms with van der Waals surface area (Å²) in [5, 5.41) is -0.613. The number of alkyl halides is 6. The van der Waals surface area contributed by atoms with Gasteiger partial charge in [0.25, 0.3) is 0 Å². The summed E-state index contributed by atoms with van der Waals surface area (Å²) < 4.78 is -1.31. The fourth-order valence-corrected chi connectivity index (χ4v) is 7.49. The Bertz CT molecular complexity index is 445. The van der Waals surface area contributed by atoms with Gasteiger partial charge in [-0.1, -0.05) is 46.4 Å². The summed E-state index contributed by atoms with van der Waals surface area (Å²) in [6.45, 7) is 0. The third-order valence-corrected chi connectivity index (χ3v) is 9.28. The van der Waals surface area contributed by atoms with Crippen LogP contribution in [0.25, 0.3) is 0 Å². The Hall–Kier alpha value is 2.06. The van der Waals surface area contributed by atoms with E-state index < -0.39 is 25.9 Å². The maximum atomic E-state index is 6.62. The summed E-state index contributed by atoms with van der Waals surface area (Å²) in [4.78, 5) is -1.21. The second kappa shape index (κ2) is 4.29. The molecule has 0 aromatic heterocycles. The van der Waals surface area contributed by atoms with E-state index in [0.29, 0.717) is 5.03 Å². The lowest BCUT2D eigenvalue weighted by atomic mass is 9.85. The van der Waals surface area contributed by atoms with E-state index in [4.69, 9.17) is 92.8 Å². The smallest absolute Gasteiger partial charge is 0.121 e. The van der Waals surface area contributed by atoms with Crippen LogP contribution in [-0.4, -0.2) is 25.3 Å². The van der Waals surface area contributed by atoms with Crippen LogP contribution in [0.1, 0.15) is 0 Å². The average Bonchev–Trinajstić information content (AvgIpc) is 2.67. The minimum Gasteiger partial charge on any atom is -0.121 e. The molecule has 18 heavy (non-hydrogen) atoms. The first-order valence-corrected chi connectivity index (χ1v) is 8.41. The summed E-state index contributed by atoms with van der Waals surface area (Å²) in [6, 6.07) is 0. The minimum atomic E-state index is -1.31. The maximum absolute atomic E-state index is 6.62. The predicted molar refractivity (Wildman–Crippen MR) is 81.1 cm³/mol. The van der Waals surface area contributed by atoms with Crippen LogP contribution in [-0.2, 0) is 0 Å². The van der Waals surface area contributed by atoms with Crippen molar-refractivity contribution in [3.8, 4) is 0 Å². The van der Waals surface area contributed by atoms with E-state index in [1.54, 1.807) is 0 Å². The predicted octanol–water partition coefficient (Wildman–Crippen LogP) is 5.54. The van der Waals surface area contributed by atoms with Crippen molar-refractivity contribution in [3.05, 3.63) is 10.1 Å². The van der Waals surface area contributed by atoms with Gasteiger partial charge in [0, 0.05) is 16.9 Å². The summed E-state index contributed by atoms with van der Waals surface area (Å²) >= 11 is 50.7. The van der Waals surface area contributed by atoms with Crippen LogP contribution in [0.5, 0.6) is 0 Å². The van der Waals surface area contributed by atoms with Gasteiger partial charge in [-0.15, -0.1) is 46.4 Å². The monoisotopic (exact) mass is 406 g/mol. The summed E-state index contributed by atoms with van der Waals surface area (Å²) in [5.41, 5.74) is 0. The van der Waals surface area contributed by atoms with Crippen molar-refractivity contribution in [2.45, 2.75) is 25.3 Å². The molecule has 0 aliphatic heterocycles. The SMILES string of the molecule is ClC1=C(Cl)[C@@]2(Cl)[C@H]3[C@H](Cl)[C@@H](Cl)[C@H](Cl)[C@H]3[C@@H]1C2(Cl)Cl. The second-order valence-corrected chi connectivity index (χ2v) is 9.19. The molecule has 3 aliphatic carbocycles. The lowest BCUT2D eigenvalue weighted by molar-refractivity contribution is 0.374. The van der Waals surface area contributed by atoms with Gasteiger partial charge >= 0.3 is 0 Å². The molecule has 0 unspecified atom stereocenters. The van der Waals surface area contributed by atoms with Crippen LogP contribution in [0.15, 0.2) is 10.1 Å². The lowest BCUT2D eigenvalue weighted by Crippen LogP contribution is -2.44. The van der Waals surface area contributed by atoms with Crippen molar-refractivity contribution in [1.82, 2.24) is 0 Å². The Labute approximate surface area is 145 Å². The number of halogens is 8. The normalized spacial score (nSPS) is 57.3. The third kappa shape index (κ3) is 1.41. The summed E-state index contributed by atoms with van der Waals surface area (Å²) in [6.07, 6.45) is 0. The van der Waals surface area contributed by atoms with Crippen molar-refractivity contribution < 1.29 is 0 Å². The van der Waals surface area contributed by atoms with Gasteiger partial charge in [0.2, 0.25) is 0 Å². The molecule has 0 spiro atoms. The largest absolute Gasteiger partial charge is 0.150 e. The van der Waals surface area contributed by atoms with Crippen molar-refractivity contribution in [2.75, 3.05) is 0 Å². The Morgan fingerprint density at radius 2 is 1.39 bits per heavy atom. The molecule has 8 heteroatoms. The van der Waals surface area contributed by atoms with Crippen LogP contribution in [0.3, 0.4) is 0 Å². The molecule has 3 aliphatic rings. The molecule has 0 radical (unpaired) electrons. The standard InChI is InChI=1S/C10H6Cl8/c11-4-1-2(5(12)7(4)14)9(16)8(15)6(13)3(1)10(9,17)18/h1-5,7H/t1-,2-,3+,4-,5+,7+,9+/m1/s1. The molecule has 3 rings (SSSR count). The molecule has 0 amide bonds. The molecule has 2 fully saturated rings. The van der Waals surface area contributed by atoms with Crippen molar-refractivity contribution >= 4 is 92.8 Å². The Morgan fingerprint density at radius 1 is 0.833 bits per heavy atom. The number of hydrogen-bond acceptors (Lipinski definition) is 0. The Morgan fingerprint density at radius 3 is 1.94 bits per heavy atom. The van der Waals surface area contributed by atoms with Crippen LogP contribution in [0, 0.1) is 17.8 Å². The molecule has 0 heterocycles. The van der Waals surface area contributed by atoms with E-state index in [0.717, 1.165) is 0 Å². The van der Waals surface area contributed by atoms with Crippen LogP contribution >= 0.6 is 92.8 Å². The highest BCUT2D eigenvalue weighted by Gasteiger charge is 2.79. The van der Waals surface area contributed by atoms with Gasteiger partial charge in [0.15, 0.2) is 4.33 Å². The second-order valence-electron chi connectivity index (χ2n) is 4.91. The molecule has 0 nitrogen and oxygen atoms in total. The molecule has 0 saturated heterocycles. The summed E-state index contributed by atoms with van der Waals surface area (Å²) in [7, 11) is 0. The molecule has 0 aromatic carbocycles. The highest BCUT2D eigenvalue weighted by molar-refractivity contribution is 6.60. The van der Waals surface area contributed by atoms with Gasteiger partial charge in [-0.05, 0) is 5.92 Å². The zero-order valence-corrected chi connectivity index (χ0v) is 14.5. The van der Waals surface area contributed by atoms with Gasteiger partial charge < -0.3 is 0 Å². The first-order chi connectivity index (χ1) is 8.17. The average molecular weight is 410 g/mol. The van der Waals surface area contributed by atoms with E-state index in [2.05, 4.69) is 0 Å². The van der Waals surface area contributed by atoms with E-state index in [1.165, 1.54) is 0 Å². The Balaban J connectivity index is 2.21. The van der Waals surface area contributed by atoms with Crippen molar-refractivity contribution in [2.24, 2.45) is 17.8 Å². The van der Waals surface area contributed by atoms with Gasteiger partial charge in [-0.2, -0.15) is 0 Å². The molecule has 0 aromatic rings. The molecule has 102 valence electrons. The van der Waals surface area contributed by atoms with Gasteiger partial charge in [-0.25, -0.2) is 0 Å². The molecular weight excluding hydrogens is 404 g/mol. The fraction of sp³-hybridized carbons (Fsp3) is 0.800. The van der Waals surface area contributed by atoms with Gasteiger partial charge in [-0.3, -0.25) is 0 Å². The topological polar surface area (TPSA) is 0 Å². The Kier molecular flexibility index (Phi) is 3.57. The lowest BCUT2D eigenvalue weighted by Gasteiger charge is -2.35. The van der Waals surface area contributed by atoms with Crippen LogP contribution in [0.4, 0.5) is 0 Å². The third-order valence-electron chi connectivity index (χ3n) is 4.26. The number of hydrogen-bond donors (Lipinski definition) is 0. The van der Waals surface area contributed by atoms with Crippen LogP contribution < -0.4 is 0 Å². The molecule has 2 bridgehead atoms. The molecular formula is C10H6Cl8. The number of fused-ring (bicyclic) bond motifs is 5. The molecule has 7 atom stereocenters. The fourth-order valence-electron chi connectivity index (χ4n) is 3.49. The van der Waals surface area contributed by atoms with Gasteiger partial charge in [0.05, 0.1) is 21.2 Å². The highest BCUT2D eigenvalue weighted by atomic mass is 35.5. The van der Waals surface area contributed by atoms with Gasteiger partial charge in [0.1, 0.15) is 4.87 Å². The van der Waals surface area contributed by atoms with E-state index >= 15 is 0 Å². The highest BCUT2D eigenvalue weighted by Crippen LogP contribution is 2.76. The first kappa shape index (κ1) is 15.0. The molecule has 2 saturated carbocycles. The number of rotatable bonds is 0. The zero-order chi connectivity index (χ0) is 13.6. The van der Waals surface area contributed by atoms with Crippen molar-refractivity contribution in [1.29, 1.82) is 0 Å². The number of allylic oxidation sites excluding steroid dienone is 2. The van der Waals surface area contributed by atoms with E-state index in [9.17, 15) is 0 Å². The van der Waals surface area contributed by atoms with Crippen LogP contribution in [0.2, 0.25) is 0 Å². The summed E-state index contributed by atoms with van der Waals surface area (Å²) in [5.74, 6) is -0.884. The maximum Gasteiger partial charge on any atom is 0.150 e. The first-order valence-electron chi connectivity index (χ1n) is 5.22. The van der Waals surface area contributed by atoms with E-state index in [-0.39, 0.29) is 22.2 Å². The van der Waals surface area contributed by atoms with Crippen molar-refractivity contribution in [3.63, 3.8) is 0 Å². The molecule has 0 N–H and O–H groups in total. The van der Waals surface area contributed by atoms with E-state index in [1.807, 2.05) is 0 Å².